The van der Waals surface area contributed by atoms with Crippen molar-refractivity contribution in [3.63, 3.8) is 0 Å². The van der Waals surface area contributed by atoms with Crippen molar-refractivity contribution in [3.8, 4) is 22.6 Å². The molecule has 0 amide bonds. The van der Waals surface area contributed by atoms with E-state index in [9.17, 15) is 9.59 Å². The first-order valence-electron chi connectivity index (χ1n) is 17.0. The molecule has 246 valence electrons. The number of unbranched alkanes of at least 4 members (excludes halogenated alkanes) is 5. The zero-order valence-corrected chi connectivity index (χ0v) is 28.0. The van der Waals surface area contributed by atoms with E-state index in [4.69, 9.17) is 14.2 Å². The van der Waals surface area contributed by atoms with Gasteiger partial charge in [-0.05, 0) is 122 Å². The van der Waals surface area contributed by atoms with Crippen LogP contribution in [0.3, 0.4) is 0 Å². The van der Waals surface area contributed by atoms with Crippen molar-refractivity contribution in [2.75, 3.05) is 13.2 Å². The van der Waals surface area contributed by atoms with E-state index in [1.54, 1.807) is 24.3 Å². The molecule has 4 aromatic rings. The number of aryl methyl sites for hydroxylation is 4. The number of esters is 2. The molecule has 4 rings (SSSR count). The van der Waals surface area contributed by atoms with Gasteiger partial charge < -0.3 is 14.2 Å². The molecule has 5 nitrogen and oxygen atoms in total. The second-order valence-corrected chi connectivity index (χ2v) is 12.0. The maximum atomic E-state index is 12.8. The van der Waals surface area contributed by atoms with Crippen molar-refractivity contribution in [2.24, 2.45) is 0 Å². The van der Waals surface area contributed by atoms with E-state index < -0.39 is 5.97 Å². The van der Waals surface area contributed by atoms with Gasteiger partial charge in [0.2, 0.25) is 0 Å². The predicted octanol–water partition coefficient (Wildman–Crippen LogP) is 10.1. The van der Waals surface area contributed by atoms with Gasteiger partial charge in [-0.15, -0.1) is 0 Å². The molecule has 4 aromatic carbocycles. The molecule has 0 unspecified atom stereocenters. The van der Waals surface area contributed by atoms with Crippen molar-refractivity contribution >= 4 is 11.9 Å². The summed E-state index contributed by atoms with van der Waals surface area (Å²) in [5.41, 5.74) is 7.83. The highest BCUT2D eigenvalue weighted by atomic mass is 16.5. The minimum atomic E-state index is -0.393. The first-order valence-corrected chi connectivity index (χ1v) is 17.0. The Hall–Kier alpha value is -4.64. The topological polar surface area (TPSA) is 61.8 Å². The average molecular weight is 633 g/mol. The van der Waals surface area contributed by atoms with Crippen molar-refractivity contribution in [2.45, 2.75) is 78.1 Å². The van der Waals surface area contributed by atoms with Crippen molar-refractivity contribution < 1.29 is 23.8 Å². The van der Waals surface area contributed by atoms with Gasteiger partial charge in [0.25, 0.3) is 0 Å². The monoisotopic (exact) mass is 632 g/mol. The van der Waals surface area contributed by atoms with Gasteiger partial charge in [0.15, 0.2) is 0 Å². The van der Waals surface area contributed by atoms with Gasteiger partial charge in [-0.1, -0.05) is 87.0 Å². The molecule has 0 heterocycles. The minimum absolute atomic E-state index is 0.382. The lowest BCUT2D eigenvalue weighted by atomic mass is 9.98. The Morgan fingerprint density at radius 1 is 0.660 bits per heavy atom. The molecule has 0 saturated heterocycles. The average Bonchev–Trinajstić information content (AvgIpc) is 3.10. The van der Waals surface area contributed by atoms with Crippen LogP contribution in [0, 0.1) is 6.92 Å². The summed E-state index contributed by atoms with van der Waals surface area (Å²) in [6.45, 7) is 8.59. The highest BCUT2D eigenvalue weighted by Crippen LogP contribution is 2.24. The van der Waals surface area contributed by atoms with Crippen LogP contribution < -0.4 is 9.47 Å². The molecule has 0 atom stereocenters. The first-order chi connectivity index (χ1) is 22.9. The van der Waals surface area contributed by atoms with Gasteiger partial charge in [-0.3, -0.25) is 0 Å². The molecular formula is C42H48O5. The molecule has 0 spiro atoms. The Balaban J connectivity index is 1.18. The molecule has 0 bridgehead atoms. The number of hydrogen-bond donors (Lipinski definition) is 0. The fourth-order valence-electron chi connectivity index (χ4n) is 5.40. The van der Waals surface area contributed by atoms with Crippen LogP contribution in [-0.4, -0.2) is 25.2 Å². The summed E-state index contributed by atoms with van der Waals surface area (Å²) in [5, 5.41) is 0. The lowest BCUT2D eigenvalue weighted by molar-refractivity contribution is -0.137. The first kappa shape index (κ1) is 35.2. The largest absolute Gasteiger partial charge is 0.494 e. The fraction of sp³-hybridized carbons (Fsp3) is 0.333. The lowest BCUT2D eigenvalue weighted by Gasteiger charge is -2.11. The third kappa shape index (κ3) is 11.9. The predicted molar refractivity (Wildman–Crippen MR) is 190 cm³/mol. The minimum Gasteiger partial charge on any atom is -0.494 e. The van der Waals surface area contributed by atoms with Crippen molar-refractivity contribution in [1.29, 1.82) is 0 Å². The second kappa shape index (κ2) is 19.1. The van der Waals surface area contributed by atoms with Crippen LogP contribution in [-0.2, 0) is 28.8 Å². The van der Waals surface area contributed by atoms with E-state index in [0.29, 0.717) is 30.3 Å². The molecule has 47 heavy (non-hydrogen) atoms. The van der Waals surface area contributed by atoms with Crippen LogP contribution in [0.15, 0.2) is 104 Å². The molecule has 5 heteroatoms. The molecule has 0 aliphatic heterocycles. The van der Waals surface area contributed by atoms with Crippen LogP contribution in [0.5, 0.6) is 11.5 Å². The Morgan fingerprint density at radius 3 is 1.87 bits per heavy atom. The second-order valence-electron chi connectivity index (χ2n) is 12.0. The maximum absolute atomic E-state index is 12.8. The van der Waals surface area contributed by atoms with E-state index >= 15 is 0 Å². The fourth-order valence-corrected chi connectivity index (χ4v) is 5.40. The molecule has 0 N–H and O–H groups in total. The Kier molecular flexibility index (Phi) is 14.3. The SMILES string of the molecule is C=CC(=O)OCCCCCCOc1ccc(C(=O)Oc2ccc(CCc3ccc(-c4ccc(CCCCC)cc4)cc3)cc2C)cc1. The molecule has 0 aliphatic carbocycles. The third-order valence-electron chi connectivity index (χ3n) is 8.26. The summed E-state index contributed by atoms with van der Waals surface area (Å²) in [5.74, 6) is 0.505. The Labute approximate surface area is 280 Å². The van der Waals surface area contributed by atoms with Gasteiger partial charge >= 0.3 is 11.9 Å². The van der Waals surface area contributed by atoms with Crippen LogP contribution in [0.4, 0.5) is 0 Å². The lowest BCUT2D eigenvalue weighted by Crippen LogP contribution is -2.09. The highest BCUT2D eigenvalue weighted by Gasteiger charge is 2.11. The summed E-state index contributed by atoms with van der Waals surface area (Å²) in [7, 11) is 0. The Bertz CT molecular complexity index is 1550. The smallest absolute Gasteiger partial charge is 0.343 e. The number of ether oxygens (including phenoxy) is 3. The highest BCUT2D eigenvalue weighted by molar-refractivity contribution is 5.91. The molecule has 0 aromatic heterocycles. The standard InChI is InChI=1S/C42H48O5/c1-4-6-9-12-33-15-20-36(21-16-33)37-22-17-34(18-23-37)13-14-35-19-28-40(32(3)31-35)47-42(44)38-24-26-39(27-25-38)45-29-10-7-8-11-30-46-41(43)5-2/h5,15-28,31H,2,4,6-14,29-30H2,1,3H3. The molecule has 0 fully saturated rings. The maximum Gasteiger partial charge on any atom is 0.343 e. The quantitative estimate of drug-likeness (QED) is 0.0446. The van der Waals surface area contributed by atoms with Crippen LogP contribution >= 0.6 is 0 Å². The summed E-state index contributed by atoms with van der Waals surface area (Å²) in [4.78, 5) is 23.8. The van der Waals surface area contributed by atoms with Crippen molar-refractivity contribution in [1.82, 2.24) is 0 Å². The number of rotatable bonds is 19. The molecule has 0 radical (unpaired) electrons. The zero-order chi connectivity index (χ0) is 33.3. The van der Waals surface area contributed by atoms with Gasteiger partial charge in [0, 0.05) is 6.08 Å². The van der Waals surface area contributed by atoms with Gasteiger partial charge in [0.1, 0.15) is 11.5 Å². The molecular weight excluding hydrogens is 584 g/mol. The molecule has 0 saturated carbocycles. The summed E-state index contributed by atoms with van der Waals surface area (Å²) in [6, 6.07) is 30.9. The third-order valence-corrected chi connectivity index (χ3v) is 8.26. The van der Waals surface area contributed by atoms with E-state index in [1.807, 2.05) is 19.1 Å². The van der Waals surface area contributed by atoms with Crippen LogP contribution in [0.2, 0.25) is 0 Å². The summed E-state index contributed by atoms with van der Waals surface area (Å²) in [6.07, 6.45) is 11.6. The van der Waals surface area contributed by atoms with Gasteiger partial charge in [-0.2, -0.15) is 0 Å². The molecule has 0 aliphatic rings. The zero-order valence-electron chi connectivity index (χ0n) is 28.0. The van der Waals surface area contributed by atoms with Gasteiger partial charge in [0.05, 0.1) is 18.8 Å². The van der Waals surface area contributed by atoms with Crippen LogP contribution in [0.1, 0.15) is 84.5 Å². The summed E-state index contributed by atoms with van der Waals surface area (Å²) >= 11 is 0. The number of carbonyl (C=O) groups excluding carboxylic acids is 2. The summed E-state index contributed by atoms with van der Waals surface area (Å²) < 4.78 is 16.5. The van der Waals surface area contributed by atoms with Crippen molar-refractivity contribution in [3.05, 3.63) is 131 Å². The van der Waals surface area contributed by atoms with E-state index in [1.165, 1.54) is 53.2 Å². The van der Waals surface area contributed by atoms with E-state index in [0.717, 1.165) is 50.5 Å². The van der Waals surface area contributed by atoms with Crippen LogP contribution in [0.25, 0.3) is 11.1 Å². The van der Waals surface area contributed by atoms with Gasteiger partial charge in [-0.25, -0.2) is 9.59 Å². The number of carbonyl (C=O) groups is 2. The normalized spacial score (nSPS) is 10.8. The van der Waals surface area contributed by atoms with E-state index in [2.05, 4.69) is 68.1 Å². The number of hydrogen-bond acceptors (Lipinski definition) is 5. The Morgan fingerprint density at radius 2 is 1.26 bits per heavy atom. The van der Waals surface area contributed by atoms with E-state index in [-0.39, 0.29) is 5.97 Å². The number of benzene rings is 4.